The topological polar surface area (TPSA) is 48.7 Å². The van der Waals surface area contributed by atoms with Crippen LogP contribution in [0.1, 0.15) is 25.0 Å². The first-order valence-corrected chi connectivity index (χ1v) is 6.47. The Morgan fingerprint density at radius 3 is 2.48 bits per heavy atom. The Morgan fingerprint density at radius 2 is 1.95 bits per heavy atom. The van der Waals surface area contributed by atoms with E-state index in [0.29, 0.717) is 6.54 Å². The molecule has 2 aromatic rings. The van der Waals surface area contributed by atoms with Gasteiger partial charge in [-0.2, -0.15) is 5.26 Å². The Hall–Kier alpha value is -2.48. The molecule has 1 aromatic heterocycles. The summed E-state index contributed by atoms with van der Waals surface area (Å²) in [5.74, 6) is -1.54. The first-order chi connectivity index (χ1) is 9.94. The Balaban J connectivity index is 2.19. The fourth-order valence-electron chi connectivity index (χ4n) is 1.98. The number of nitriles is 1. The maximum atomic E-state index is 13.8. The summed E-state index contributed by atoms with van der Waals surface area (Å²) in [6.45, 7) is 4.24. The number of hydrogen-bond acceptors (Lipinski definition) is 3. The van der Waals surface area contributed by atoms with Crippen molar-refractivity contribution in [2.75, 3.05) is 11.9 Å². The van der Waals surface area contributed by atoms with Gasteiger partial charge in [-0.1, -0.05) is 19.9 Å². The summed E-state index contributed by atoms with van der Waals surface area (Å²) >= 11 is 0. The molecule has 0 aliphatic heterocycles. The zero-order valence-electron chi connectivity index (χ0n) is 11.8. The van der Waals surface area contributed by atoms with Crippen LogP contribution in [0.3, 0.4) is 0 Å². The molecule has 108 valence electrons. The van der Waals surface area contributed by atoms with Gasteiger partial charge in [0.2, 0.25) is 0 Å². The number of halogens is 2. The number of benzene rings is 1. The van der Waals surface area contributed by atoms with E-state index in [9.17, 15) is 8.78 Å². The second-order valence-corrected chi connectivity index (χ2v) is 5.41. The minimum atomic E-state index is -0.770. The molecule has 0 atom stereocenters. The standard InChI is InChI=1S/C16H15F2N3/c1-16(2,12-4-3-5-20-9-12)10-21-15-13(17)6-11(8-19)7-14(15)18/h3-7,9,21H,10H2,1-2H3. The van der Waals surface area contributed by atoms with Gasteiger partial charge >= 0.3 is 0 Å². The third-order valence-corrected chi connectivity index (χ3v) is 3.32. The van der Waals surface area contributed by atoms with E-state index in [4.69, 9.17) is 5.26 Å². The number of pyridine rings is 1. The van der Waals surface area contributed by atoms with E-state index in [1.165, 1.54) is 0 Å². The van der Waals surface area contributed by atoms with Crippen LogP contribution in [0.2, 0.25) is 0 Å². The molecule has 1 N–H and O–H groups in total. The maximum Gasteiger partial charge on any atom is 0.150 e. The van der Waals surface area contributed by atoms with Crippen molar-refractivity contribution in [2.24, 2.45) is 0 Å². The van der Waals surface area contributed by atoms with Crippen LogP contribution in [0.15, 0.2) is 36.7 Å². The summed E-state index contributed by atoms with van der Waals surface area (Å²) in [6.07, 6.45) is 3.40. The largest absolute Gasteiger partial charge is 0.379 e. The summed E-state index contributed by atoms with van der Waals surface area (Å²) < 4.78 is 27.6. The number of nitrogens with one attached hydrogen (secondary N) is 1. The molecule has 0 bridgehead atoms. The van der Waals surface area contributed by atoms with Crippen molar-refractivity contribution >= 4 is 5.69 Å². The van der Waals surface area contributed by atoms with E-state index in [0.717, 1.165) is 17.7 Å². The predicted molar refractivity (Wildman–Crippen MR) is 76.8 cm³/mol. The molecule has 0 radical (unpaired) electrons. The summed E-state index contributed by atoms with van der Waals surface area (Å²) in [5, 5.41) is 11.5. The maximum absolute atomic E-state index is 13.8. The number of aromatic nitrogens is 1. The molecule has 1 aromatic carbocycles. The fraction of sp³-hybridized carbons (Fsp3) is 0.250. The number of nitrogens with zero attached hydrogens (tertiary/aromatic N) is 2. The van der Waals surface area contributed by atoms with E-state index in [2.05, 4.69) is 10.3 Å². The number of hydrogen-bond donors (Lipinski definition) is 1. The number of anilines is 1. The van der Waals surface area contributed by atoms with Crippen LogP contribution in [0.5, 0.6) is 0 Å². The zero-order chi connectivity index (χ0) is 15.5. The average Bonchev–Trinajstić information content (AvgIpc) is 2.47. The van der Waals surface area contributed by atoms with E-state index in [1.807, 2.05) is 26.0 Å². The fourth-order valence-corrected chi connectivity index (χ4v) is 1.98. The molecule has 0 aliphatic carbocycles. The predicted octanol–water partition coefficient (Wildman–Crippen LogP) is 3.62. The molecule has 0 fully saturated rings. The molecule has 1 heterocycles. The molecule has 0 unspecified atom stereocenters. The summed E-state index contributed by atoms with van der Waals surface area (Å²) in [6, 6.07) is 7.49. The summed E-state index contributed by atoms with van der Waals surface area (Å²) in [7, 11) is 0. The van der Waals surface area contributed by atoms with Crippen LogP contribution >= 0.6 is 0 Å². The van der Waals surface area contributed by atoms with E-state index in [1.54, 1.807) is 18.5 Å². The van der Waals surface area contributed by atoms with Gasteiger partial charge in [0.05, 0.1) is 11.6 Å². The van der Waals surface area contributed by atoms with Gasteiger partial charge in [0, 0.05) is 24.4 Å². The normalized spacial score (nSPS) is 11.0. The number of rotatable bonds is 4. The summed E-state index contributed by atoms with van der Waals surface area (Å²) in [4.78, 5) is 4.05. The van der Waals surface area contributed by atoms with Crippen LogP contribution in [-0.2, 0) is 5.41 Å². The smallest absolute Gasteiger partial charge is 0.150 e. The highest BCUT2D eigenvalue weighted by Gasteiger charge is 2.22. The molecule has 21 heavy (non-hydrogen) atoms. The lowest BCUT2D eigenvalue weighted by Crippen LogP contribution is -2.28. The monoisotopic (exact) mass is 287 g/mol. The summed E-state index contributed by atoms with van der Waals surface area (Å²) in [5.41, 5.74) is 0.362. The second-order valence-electron chi connectivity index (χ2n) is 5.41. The Morgan fingerprint density at radius 1 is 1.29 bits per heavy atom. The highest BCUT2D eigenvalue weighted by molar-refractivity contribution is 5.50. The van der Waals surface area contributed by atoms with E-state index in [-0.39, 0.29) is 16.7 Å². The minimum absolute atomic E-state index is 0.0398. The SMILES string of the molecule is CC(C)(CNc1c(F)cc(C#N)cc1F)c1cccnc1. The molecule has 5 heteroatoms. The molecule has 0 saturated heterocycles. The van der Waals surface area contributed by atoms with Crippen molar-refractivity contribution in [3.8, 4) is 6.07 Å². The van der Waals surface area contributed by atoms with Gasteiger partial charge in [-0.25, -0.2) is 8.78 Å². The van der Waals surface area contributed by atoms with Gasteiger partial charge in [0.15, 0.2) is 11.6 Å². The zero-order valence-corrected chi connectivity index (χ0v) is 11.8. The quantitative estimate of drug-likeness (QED) is 0.934. The van der Waals surface area contributed by atoms with Crippen molar-refractivity contribution in [1.82, 2.24) is 4.98 Å². The molecular formula is C16H15F2N3. The van der Waals surface area contributed by atoms with Crippen molar-refractivity contribution < 1.29 is 8.78 Å². The van der Waals surface area contributed by atoms with Gasteiger partial charge < -0.3 is 5.32 Å². The molecule has 3 nitrogen and oxygen atoms in total. The van der Waals surface area contributed by atoms with E-state index < -0.39 is 11.6 Å². The van der Waals surface area contributed by atoms with Crippen molar-refractivity contribution in [3.63, 3.8) is 0 Å². The van der Waals surface area contributed by atoms with Gasteiger partial charge in [-0.05, 0) is 23.8 Å². The van der Waals surface area contributed by atoms with Gasteiger partial charge in [-0.3, -0.25) is 4.98 Å². The molecule has 0 saturated carbocycles. The lowest BCUT2D eigenvalue weighted by molar-refractivity contribution is 0.542. The third-order valence-electron chi connectivity index (χ3n) is 3.32. The molecule has 0 aliphatic rings. The second kappa shape index (κ2) is 5.88. The lowest BCUT2D eigenvalue weighted by atomic mass is 9.85. The van der Waals surface area contributed by atoms with Gasteiger partial charge in [0.25, 0.3) is 0 Å². The van der Waals surface area contributed by atoms with Crippen LogP contribution < -0.4 is 5.32 Å². The average molecular weight is 287 g/mol. The van der Waals surface area contributed by atoms with Crippen molar-refractivity contribution in [2.45, 2.75) is 19.3 Å². The van der Waals surface area contributed by atoms with Crippen LogP contribution in [0.4, 0.5) is 14.5 Å². The van der Waals surface area contributed by atoms with Crippen LogP contribution in [0.25, 0.3) is 0 Å². The first kappa shape index (κ1) is 14.9. The van der Waals surface area contributed by atoms with Crippen LogP contribution in [-0.4, -0.2) is 11.5 Å². The Kier molecular flexibility index (Phi) is 4.18. The molecule has 0 spiro atoms. The molecular weight excluding hydrogens is 272 g/mol. The minimum Gasteiger partial charge on any atom is -0.379 e. The van der Waals surface area contributed by atoms with Crippen molar-refractivity contribution in [1.29, 1.82) is 5.26 Å². The third kappa shape index (κ3) is 3.34. The highest BCUT2D eigenvalue weighted by Crippen LogP contribution is 2.25. The van der Waals surface area contributed by atoms with Crippen LogP contribution in [0, 0.1) is 23.0 Å². The Bertz CT molecular complexity index is 653. The first-order valence-electron chi connectivity index (χ1n) is 6.47. The van der Waals surface area contributed by atoms with E-state index >= 15 is 0 Å². The van der Waals surface area contributed by atoms with Gasteiger partial charge in [0.1, 0.15) is 5.69 Å². The molecule has 2 rings (SSSR count). The van der Waals surface area contributed by atoms with Gasteiger partial charge in [-0.15, -0.1) is 0 Å². The Labute approximate surface area is 122 Å². The van der Waals surface area contributed by atoms with Crippen molar-refractivity contribution in [3.05, 3.63) is 59.4 Å². The highest BCUT2D eigenvalue weighted by atomic mass is 19.1. The molecule has 0 amide bonds. The lowest BCUT2D eigenvalue weighted by Gasteiger charge is -2.26.